The van der Waals surface area contributed by atoms with Crippen molar-refractivity contribution in [2.75, 3.05) is 6.54 Å². The number of Topliss-reactive ketones (excluding diaryl/α,β-unsaturated/α-hetero) is 1. The highest BCUT2D eigenvalue weighted by atomic mass is 19.3. The van der Waals surface area contributed by atoms with Crippen LogP contribution in [0.5, 0.6) is 0 Å². The van der Waals surface area contributed by atoms with Crippen LogP contribution in [-0.2, 0) is 4.79 Å². The molecular formula is C22H21F2N3O3. The first kappa shape index (κ1) is 20.1. The van der Waals surface area contributed by atoms with Crippen LogP contribution in [0.1, 0.15) is 41.6 Å². The SMILES string of the molecule is Cc1cccnc1-c1ccc(C(=O)CN2C(=O)NC3(CCC(F)(F)CC3)C2=O)cc1. The van der Waals surface area contributed by atoms with Gasteiger partial charge in [-0.2, -0.15) is 0 Å². The number of hydrogen-bond donors (Lipinski definition) is 1. The fraction of sp³-hybridized carbons (Fsp3) is 0.364. The maximum absolute atomic E-state index is 13.5. The van der Waals surface area contributed by atoms with Gasteiger partial charge in [0, 0.05) is 30.2 Å². The lowest BCUT2D eigenvalue weighted by Crippen LogP contribution is -2.51. The second-order valence-electron chi connectivity index (χ2n) is 7.93. The second-order valence-corrected chi connectivity index (χ2v) is 7.93. The number of carbonyl (C=O) groups excluding carboxylic acids is 3. The van der Waals surface area contributed by atoms with E-state index in [0.29, 0.717) is 5.56 Å². The standard InChI is InChI=1S/C22H21F2N3O3/c1-14-3-2-12-25-18(14)16-6-4-15(5-7-16)17(28)13-27-19(29)21(26-20(27)30)8-10-22(23,24)11-9-21/h2-7,12H,8-11,13H2,1H3,(H,26,30). The number of alkyl halides is 2. The van der Waals surface area contributed by atoms with Gasteiger partial charge in [-0.25, -0.2) is 13.6 Å². The van der Waals surface area contributed by atoms with Gasteiger partial charge in [-0.05, 0) is 31.4 Å². The van der Waals surface area contributed by atoms with Gasteiger partial charge in [-0.1, -0.05) is 30.3 Å². The molecule has 1 saturated heterocycles. The maximum atomic E-state index is 13.5. The summed E-state index contributed by atoms with van der Waals surface area (Å²) in [6.07, 6.45) is 0.501. The fourth-order valence-corrected chi connectivity index (χ4v) is 4.04. The number of rotatable bonds is 4. The normalized spacial score (nSPS) is 19.8. The number of aromatic nitrogens is 1. The van der Waals surface area contributed by atoms with E-state index in [4.69, 9.17) is 0 Å². The van der Waals surface area contributed by atoms with Crippen LogP contribution in [0.15, 0.2) is 42.6 Å². The first-order valence-corrected chi connectivity index (χ1v) is 9.78. The summed E-state index contributed by atoms with van der Waals surface area (Å²) in [6, 6.07) is 9.85. The van der Waals surface area contributed by atoms with Crippen LogP contribution in [-0.4, -0.2) is 45.6 Å². The number of hydrogen-bond acceptors (Lipinski definition) is 4. The molecule has 4 rings (SSSR count). The predicted molar refractivity (Wildman–Crippen MR) is 105 cm³/mol. The zero-order valence-corrected chi connectivity index (χ0v) is 16.5. The highest BCUT2D eigenvalue weighted by Gasteiger charge is 2.55. The number of pyridine rings is 1. The summed E-state index contributed by atoms with van der Waals surface area (Å²) >= 11 is 0. The van der Waals surface area contributed by atoms with Crippen LogP contribution in [0.4, 0.5) is 13.6 Å². The highest BCUT2D eigenvalue weighted by Crippen LogP contribution is 2.41. The van der Waals surface area contributed by atoms with Gasteiger partial charge in [0.2, 0.25) is 5.92 Å². The minimum absolute atomic E-state index is 0.132. The molecule has 1 saturated carbocycles. The van der Waals surface area contributed by atoms with E-state index in [2.05, 4.69) is 10.3 Å². The lowest BCUT2D eigenvalue weighted by Gasteiger charge is -2.34. The van der Waals surface area contributed by atoms with Crippen LogP contribution in [0.2, 0.25) is 0 Å². The third-order valence-corrected chi connectivity index (χ3v) is 5.87. The molecule has 0 radical (unpaired) electrons. The van der Waals surface area contributed by atoms with Crippen LogP contribution >= 0.6 is 0 Å². The third-order valence-electron chi connectivity index (χ3n) is 5.87. The molecule has 2 fully saturated rings. The summed E-state index contributed by atoms with van der Waals surface area (Å²) < 4.78 is 27.0. The lowest BCUT2D eigenvalue weighted by atomic mass is 9.80. The van der Waals surface area contributed by atoms with Crippen LogP contribution in [0.25, 0.3) is 11.3 Å². The molecule has 6 nitrogen and oxygen atoms in total. The van der Waals surface area contributed by atoms with Crippen molar-refractivity contribution >= 4 is 17.7 Å². The molecule has 1 aliphatic heterocycles. The zero-order chi connectivity index (χ0) is 21.5. The van der Waals surface area contributed by atoms with Gasteiger partial charge in [0.25, 0.3) is 5.91 Å². The summed E-state index contributed by atoms with van der Waals surface area (Å²) in [7, 11) is 0. The maximum Gasteiger partial charge on any atom is 0.325 e. The summed E-state index contributed by atoms with van der Waals surface area (Å²) in [5.74, 6) is -3.83. The topological polar surface area (TPSA) is 79.4 Å². The Labute approximate surface area is 172 Å². The Morgan fingerprint density at radius 2 is 1.77 bits per heavy atom. The minimum atomic E-state index is -2.83. The molecule has 2 aliphatic rings. The molecule has 1 aromatic heterocycles. The number of imide groups is 1. The van der Waals surface area contributed by atoms with Crippen molar-refractivity contribution in [3.63, 3.8) is 0 Å². The number of urea groups is 1. The number of ketones is 1. The number of aryl methyl sites for hydroxylation is 1. The zero-order valence-electron chi connectivity index (χ0n) is 16.5. The first-order valence-electron chi connectivity index (χ1n) is 9.78. The van der Waals surface area contributed by atoms with Crippen molar-refractivity contribution in [1.82, 2.24) is 15.2 Å². The second kappa shape index (κ2) is 7.27. The number of benzene rings is 1. The summed E-state index contributed by atoms with van der Waals surface area (Å²) in [5, 5.41) is 2.54. The molecule has 1 spiro atoms. The van der Waals surface area contributed by atoms with Gasteiger partial charge in [0.1, 0.15) is 5.54 Å². The van der Waals surface area contributed by atoms with Gasteiger partial charge in [0.15, 0.2) is 5.78 Å². The largest absolute Gasteiger partial charge is 0.325 e. The number of nitrogens with zero attached hydrogens (tertiary/aromatic N) is 2. The molecule has 0 atom stereocenters. The molecule has 1 aliphatic carbocycles. The Kier molecular flexibility index (Phi) is 4.88. The van der Waals surface area contributed by atoms with Crippen LogP contribution in [0.3, 0.4) is 0 Å². The Morgan fingerprint density at radius 3 is 2.40 bits per heavy atom. The quantitative estimate of drug-likeness (QED) is 0.612. The minimum Gasteiger partial charge on any atom is -0.323 e. The molecular weight excluding hydrogens is 392 g/mol. The number of carbonyl (C=O) groups is 3. The molecule has 1 aromatic carbocycles. The molecule has 0 unspecified atom stereocenters. The van der Waals surface area contributed by atoms with Gasteiger partial charge < -0.3 is 5.32 Å². The Bertz CT molecular complexity index is 1010. The van der Waals surface area contributed by atoms with Crippen molar-refractivity contribution in [1.29, 1.82) is 0 Å². The van der Waals surface area contributed by atoms with Crippen molar-refractivity contribution in [3.05, 3.63) is 53.7 Å². The Hall–Kier alpha value is -3.16. The third kappa shape index (κ3) is 3.58. The molecule has 2 heterocycles. The van der Waals surface area contributed by atoms with Crippen LogP contribution < -0.4 is 5.32 Å². The molecule has 2 aromatic rings. The van der Waals surface area contributed by atoms with E-state index < -0.39 is 48.6 Å². The molecule has 8 heteroatoms. The molecule has 1 N–H and O–H groups in total. The van der Waals surface area contributed by atoms with E-state index >= 15 is 0 Å². The molecule has 30 heavy (non-hydrogen) atoms. The first-order chi connectivity index (χ1) is 14.2. The van der Waals surface area contributed by atoms with Gasteiger partial charge >= 0.3 is 6.03 Å². The van der Waals surface area contributed by atoms with Gasteiger partial charge in [0.05, 0.1) is 12.2 Å². The Morgan fingerprint density at radius 1 is 1.10 bits per heavy atom. The van der Waals surface area contributed by atoms with E-state index in [-0.39, 0.29) is 12.8 Å². The summed E-state index contributed by atoms with van der Waals surface area (Å²) in [4.78, 5) is 42.9. The summed E-state index contributed by atoms with van der Waals surface area (Å²) in [6.45, 7) is 1.51. The van der Waals surface area contributed by atoms with E-state index in [1.807, 2.05) is 19.1 Å². The van der Waals surface area contributed by atoms with Crippen molar-refractivity contribution in [3.8, 4) is 11.3 Å². The number of nitrogens with one attached hydrogen (secondary N) is 1. The van der Waals surface area contributed by atoms with E-state index in [0.717, 1.165) is 21.7 Å². The summed E-state index contributed by atoms with van der Waals surface area (Å²) in [5.41, 5.74) is 1.69. The van der Waals surface area contributed by atoms with Gasteiger partial charge in [-0.3, -0.25) is 19.5 Å². The smallest absolute Gasteiger partial charge is 0.323 e. The monoisotopic (exact) mass is 413 g/mol. The lowest BCUT2D eigenvalue weighted by molar-refractivity contribution is -0.135. The van der Waals surface area contributed by atoms with E-state index in [9.17, 15) is 23.2 Å². The highest BCUT2D eigenvalue weighted by molar-refractivity contribution is 6.11. The predicted octanol–water partition coefficient (Wildman–Crippen LogP) is 3.74. The van der Waals surface area contributed by atoms with Gasteiger partial charge in [-0.15, -0.1) is 0 Å². The fourth-order valence-electron chi connectivity index (χ4n) is 4.04. The molecule has 0 bridgehead atoms. The van der Waals surface area contributed by atoms with Crippen molar-refractivity contribution < 1.29 is 23.2 Å². The average Bonchev–Trinajstić information content (AvgIpc) is 2.95. The van der Waals surface area contributed by atoms with E-state index in [1.165, 1.54) is 0 Å². The molecule has 3 amide bonds. The van der Waals surface area contributed by atoms with E-state index in [1.54, 1.807) is 30.5 Å². The number of halogens is 2. The Balaban J connectivity index is 1.47. The number of amides is 3. The van der Waals surface area contributed by atoms with Crippen molar-refractivity contribution in [2.24, 2.45) is 0 Å². The molecule has 156 valence electrons. The van der Waals surface area contributed by atoms with Crippen molar-refractivity contribution in [2.45, 2.75) is 44.1 Å². The average molecular weight is 413 g/mol. The van der Waals surface area contributed by atoms with Crippen LogP contribution in [0, 0.1) is 6.92 Å².